The average molecular weight is 269 g/mol. The van der Waals surface area contributed by atoms with Crippen LogP contribution in [0, 0.1) is 5.92 Å². The molecule has 2 fully saturated rings. The Kier molecular flexibility index (Phi) is 6.07. The zero-order valence-electron chi connectivity index (χ0n) is 12.0. The first-order valence-corrected chi connectivity index (χ1v) is 7.56. The van der Waals surface area contributed by atoms with Crippen molar-refractivity contribution in [3.8, 4) is 0 Å². The molecule has 2 aliphatic heterocycles. The summed E-state index contributed by atoms with van der Waals surface area (Å²) in [6.07, 6.45) is 3.26. The van der Waals surface area contributed by atoms with Crippen molar-refractivity contribution < 1.29 is 9.53 Å². The van der Waals surface area contributed by atoms with E-state index in [9.17, 15) is 4.79 Å². The van der Waals surface area contributed by atoms with E-state index in [1.54, 1.807) is 0 Å². The van der Waals surface area contributed by atoms with Gasteiger partial charge in [-0.3, -0.25) is 9.69 Å². The number of carbonyl (C=O) groups is 1. The van der Waals surface area contributed by atoms with Gasteiger partial charge in [-0.2, -0.15) is 0 Å². The third-order valence-corrected chi connectivity index (χ3v) is 4.16. The summed E-state index contributed by atoms with van der Waals surface area (Å²) in [6.45, 7) is 8.38. The molecule has 0 bridgehead atoms. The number of hydrogen-bond donors (Lipinski definition) is 2. The van der Waals surface area contributed by atoms with Gasteiger partial charge in [0.2, 0.25) is 5.91 Å². The minimum atomic E-state index is 0.167. The smallest absolute Gasteiger partial charge is 0.234 e. The van der Waals surface area contributed by atoms with Gasteiger partial charge in [0.1, 0.15) is 0 Å². The second-order valence-corrected chi connectivity index (χ2v) is 5.69. The molecule has 0 radical (unpaired) electrons. The van der Waals surface area contributed by atoms with Crippen molar-refractivity contribution in [3.05, 3.63) is 0 Å². The monoisotopic (exact) mass is 269 g/mol. The molecule has 1 unspecified atom stereocenters. The van der Waals surface area contributed by atoms with Gasteiger partial charge in [0.05, 0.1) is 6.54 Å². The third-order valence-electron chi connectivity index (χ3n) is 4.16. The number of ether oxygens (including phenoxy) is 1. The molecule has 1 atom stereocenters. The normalized spacial score (nSPS) is 24.7. The Hall–Kier alpha value is -0.650. The standard InChI is InChI=1S/C14H27N3O2/c1-12(13-3-9-19-10-4-13)16-14(18)11-17-7-2-5-15-6-8-17/h12-13,15H,2-11H2,1H3,(H,16,18). The molecule has 0 spiro atoms. The van der Waals surface area contributed by atoms with Crippen LogP contribution in [0.2, 0.25) is 0 Å². The molecule has 0 aromatic rings. The number of nitrogens with one attached hydrogen (secondary N) is 2. The van der Waals surface area contributed by atoms with Gasteiger partial charge in [0.15, 0.2) is 0 Å². The van der Waals surface area contributed by atoms with Gasteiger partial charge in [-0.15, -0.1) is 0 Å². The summed E-state index contributed by atoms with van der Waals surface area (Å²) in [5.41, 5.74) is 0. The molecular weight excluding hydrogens is 242 g/mol. The summed E-state index contributed by atoms with van der Waals surface area (Å²) in [5, 5.41) is 6.52. The topological polar surface area (TPSA) is 53.6 Å². The molecule has 2 saturated heterocycles. The summed E-state index contributed by atoms with van der Waals surface area (Å²) in [4.78, 5) is 14.3. The van der Waals surface area contributed by atoms with Gasteiger partial charge >= 0.3 is 0 Å². The van der Waals surface area contributed by atoms with Gasteiger partial charge in [0.25, 0.3) is 0 Å². The predicted octanol–water partition coefficient (Wildman–Crippen LogP) is 0.213. The van der Waals surface area contributed by atoms with Crippen molar-refractivity contribution in [1.29, 1.82) is 0 Å². The summed E-state index contributed by atoms with van der Waals surface area (Å²) in [6, 6.07) is 0.265. The van der Waals surface area contributed by atoms with Gasteiger partial charge in [0, 0.05) is 32.3 Å². The predicted molar refractivity (Wildman–Crippen MR) is 75.1 cm³/mol. The van der Waals surface area contributed by atoms with Gasteiger partial charge in [-0.1, -0.05) is 0 Å². The van der Waals surface area contributed by atoms with Crippen molar-refractivity contribution in [2.75, 3.05) is 45.9 Å². The van der Waals surface area contributed by atoms with Crippen LogP contribution in [0.5, 0.6) is 0 Å². The van der Waals surface area contributed by atoms with Gasteiger partial charge < -0.3 is 15.4 Å². The Bertz CT molecular complexity index is 272. The van der Waals surface area contributed by atoms with Crippen molar-refractivity contribution in [2.24, 2.45) is 5.92 Å². The van der Waals surface area contributed by atoms with Crippen LogP contribution in [0.1, 0.15) is 26.2 Å². The van der Waals surface area contributed by atoms with Crippen LogP contribution < -0.4 is 10.6 Å². The first-order chi connectivity index (χ1) is 9.25. The number of rotatable bonds is 4. The molecule has 0 aliphatic carbocycles. The van der Waals surface area contributed by atoms with Crippen LogP contribution in [0.3, 0.4) is 0 Å². The Labute approximate surface area is 116 Å². The Morgan fingerprint density at radius 3 is 2.95 bits per heavy atom. The highest BCUT2D eigenvalue weighted by atomic mass is 16.5. The van der Waals surface area contributed by atoms with E-state index >= 15 is 0 Å². The molecule has 2 aliphatic rings. The first kappa shape index (κ1) is 14.8. The van der Waals surface area contributed by atoms with Crippen molar-refractivity contribution in [2.45, 2.75) is 32.2 Å². The van der Waals surface area contributed by atoms with Crippen LogP contribution >= 0.6 is 0 Å². The minimum absolute atomic E-state index is 0.167. The van der Waals surface area contributed by atoms with E-state index in [1.807, 2.05) is 0 Å². The Morgan fingerprint density at radius 2 is 2.16 bits per heavy atom. The molecule has 0 saturated carbocycles. The van der Waals surface area contributed by atoms with E-state index in [2.05, 4.69) is 22.5 Å². The number of hydrogen-bond acceptors (Lipinski definition) is 4. The summed E-state index contributed by atoms with van der Waals surface area (Å²) < 4.78 is 5.36. The van der Waals surface area contributed by atoms with E-state index < -0.39 is 0 Å². The first-order valence-electron chi connectivity index (χ1n) is 7.56. The Balaban J connectivity index is 1.70. The van der Waals surface area contributed by atoms with E-state index in [4.69, 9.17) is 4.74 Å². The lowest BCUT2D eigenvalue weighted by atomic mass is 9.93. The van der Waals surface area contributed by atoms with Crippen LogP contribution in [0.4, 0.5) is 0 Å². The van der Waals surface area contributed by atoms with Gasteiger partial charge in [-0.05, 0) is 45.2 Å². The molecule has 1 amide bonds. The molecule has 2 heterocycles. The molecule has 19 heavy (non-hydrogen) atoms. The van der Waals surface area contributed by atoms with E-state index in [1.165, 1.54) is 0 Å². The fourth-order valence-electron chi connectivity index (χ4n) is 2.90. The fourth-order valence-corrected chi connectivity index (χ4v) is 2.90. The van der Waals surface area contributed by atoms with Gasteiger partial charge in [-0.25, -0.2) is 0 Å². The second-order valence-electron chi connectivity index (χ2n) is 5.69. The molecule has 5 heteroatoms. The second kappa shape index (κ2) is 7.82. The molecule has 2 N–H and O–H groups in total. The summed E-state index contributed by atoms with van der Waals surface area (Å²) in [7, 11) is 0. The largest absolute Gasteiger partial charge is 0.381 e. The van der Waals surface area contributed by atoms with Crippen molar-refractivity contribution in [1.82, 2.24) is 15.5 Å². The van der Waals surface area contributed by atoms with Crippen LogP contribution in [-0.2, 0) is 9.53 Å². The molecule has 2 rings (SSSR count). The highest BCUT2D eigenvalue weighted by molar-refractivity contribution is 5.78. The maximum atomic E-state index is 12.1. The molecule has 110 valence electrons. The fraction of sp³-hybridized carbons (Fsp3) is 0.929. The Morgan fingerprint density at radius 1 is 1.37 bits per heavy atom. The zero-order valence-corrected chi connectivity index (χ0v) is 12.0. The minimum Gasteiger partial charge on any atom is -0.381 e. The SMILES string of the molecule is CC(NC(=O)CN1CCCNCC1)C1CCOCC1. The number of amides is 1. The maximum absolute atomic E-state index is 12.1. The summed E-state index contributed by atoms with van der Waals surface area (Å²) in [5.74, 6) is 0.740. The number of nitrogens with zero attached hydrogens (tertiary/aromatic N) is 1. The highest BCUT2D eigenvalue weighted by Crippen LogP contribution is 2.18. The highest BCUT2D eigenvalue weighted by Gasteiger charge is 2.22. The average Bonchev–Trinajstić information content (AvgIpc) is 2.68. The summed E-state index contributed by atoms with van der Waals surface area (Å²) >= 11 is 0. The molecule has 5 nitrogen and oxygen atoms in total. The van der Waals surface area contributed by atoms with Crippen molar-refractivity contribution >= 4 is 5.91 Å². The molecular formula is C14H27N3O2. The third kappa shape index (κ3) is 5.09. The lowest BCUT2D eigenvalue weighted by Crippen LogP contribution is -2.45. The van der Waals surface area contributed by atoms with Crippen LogP contribution in [0.25, 0.3) is 0 Å². The van der Waals surface area contributed by atoms with E-state index in [0.29, 0.717) is 12.5 Å². The lowest BCUT2D eigenvalue weighted by molar-refractivity contribution is -0.123. The maximum Gasteiger partial charge on any atom is 0.234 e. The van der Waals surface area contributed by atoms with E-state index in [0.717, 1.165) is 58.7 Å². The van der Waals surface area contributed by atoms with Crippen LogP contribution in [0.15, 0.2) is 0 Å². The number of carbonyl (C=O) groups excluding carboxylic acids is 1. The zero-order chi connectivity index (χ0) is 13.5. The van der Waals surface area contributed by atoms with Crippen LogP contribution in [-0.4, -0.2) is 62.8 Å². The van der Waals surface area contributed by atoms with E-state index in [-0.39, 0.29) is 11.9 Å². The molecule has 0 aromatic carbocycles. The van der Waals surface area contributed by atoms with Crippen molar-refractivity contribution in [3.63, 3.8) is 0 Å². The quantitative estimate of drug-likeness (QED) is 0.766. The lowest BCUT2D eigenvalue weighted by Gasteiger charge is -2.29. The molecule has 0 aromatic heterocycles.